The van der Waals surface area contributed by atoms with Crippen LogP contribution in [0.2, 0.25) is 0 Å². The molecule has 0 amide bonds. The maximum atomic E-state index is 9.21. The summed E-state index contributed by atoms with van der Waals surface area (Å²) in [5, 5.41) is 27.1. The van der Waals surface area contributed by atoms with Crippen LogP contribution in [-0.2, 0) is 20.6 Å². The normalized spacial score (nSPS) is 11.5. The third kappa shape index (κ3) is 20.6. The SMILES string of the molecule is CSCCl.CSCOCC(CCCCCCNC(c1ccccc1)(c1ccccc1)c1ccccc1)COCSC.OCC(CO)CCCCCCNC(c1ccccc1)(c1ccccc1)c1ccccc1. The van der Waals surface area contributed by atoms with Gasteiger partial charge < -0.3 is 19.7 Å². The first-order chi connectivity index (χ1) is 35.5. The van der Waals surface area contributed by atoms with Gasteiger partial charge in [0, 0.05) is 25.0 Å². The van der Waals surface area contributed by atoms with Gasteiger partial charge in [-0.25, -0.2) is 0 Å². The standard InChI is InChI=1S/C32H43NO2S2.C28H35NO2.C2H5ClS/c1-36-26-34-24-28(25-35-27-37-2)16-8-3-4-15-23-33-32(29-17-9-5-10-18-29,30-19-11-6-12-20-30)31-21-13-7-14-22-31;30-22-24(23-31)14-6-1-2-13-21-29-28(25-15-7-3-8-16-25,26-17-9-4-10-18-26)27-19-11-5-12-20-27;1-4-2-3/h5-7,9-14,17-22,28,33H,3-4,8,15-16,23-27H2,1-2H3;3-5,7-12,15-20,24,29-31H,1-2,6,13-14,21-23H2;2H2,1H3. The highest BCUT2D eigenvalue weighted by atomic mass is 35.5. The number of thioether (sulfide) groups is 3. The van der Waals surface area contributed by atoms with E-state index in [9.17, 15) is 10.2 Å². The Morgan fingerprint density at radius 3 is 0.917 bits per heavy atom. The maximum absolute atomic E-state index is 9.21. The van der Waals surface area contributed by atoms with Crippen LogP contribution in [0.15, 0.2) is 182 Å². The number of aliphatic hydroxyl groups is 2. The number of alkyl halides is 1. The van der Waals surface area contributed by atoms with E-state index >= 15 is 0 Å². The molecule has 10 heteroatoms. The summed E-state index contributed by atoms with van der Waals surface area (Å²) in [4.78, 5) is 0. The zero-order valence-electron chi connectivity index (χ0n) is 43.2. The van der Waals surface area contributed by atoms with Crippen LogP contribution in [0.25, 0.3) is 0 Å². The van der Waals surface area contributed by atoms with E-state index < -0.39 is 5.54 Å². The molecule has 0 aromatic heterocycles. The highest BCUT2D eigenvalue weighted by Gasteiger charge is 2.36. The lowest BCUT2D eigenvalue weighted by atomic mass is 9.77. The Hall–Kier alpha value is -3.58. The first-order valence-corrected chi connectivity index (χ1v) is 30.5. The highest BCUT2D eigenvalue weighted by Crippen LogP contribution is 2.38. The Morgan fingerprint density at radius 1 is 0.403 bits per heavy atom. The molecule has 390 valence electrons. The molecule has 0 radical (unpaired) electrons. The number of rotatable bonds is 33. The predicted molar refractivity (Wildman–Crippen MR) is 315 cm³/mol. The average molecular weight is 1050 g/mol. The molecule has 6 rings (SSSR count). The van der Waals surface area contributed by atoms with Gasteiger partial charge in [0.15, 0.2) is 0 Å². The van der Waals surface area contributed by atoms with Gasteiger partial charge in [-0.1, -0.05) is 221 Å². The van der Waals surface area contributed by atoms with Crippen LogP contribution in [0, 0.1) is 11.8 Å². The van der Waals surface area contributed by atoms with Gasteiger partial charge in [-0.3, -0.25) is 10.6 Å². The van der Waals surface area contributed by atoms with Crippen molar-refractivity contribution in [3.8, 4) is 0 Å². The fraction of sp³-hybridized carbons (Fsp3) is 0.419. The van der Waals surface area contributed by atoms with E-state index in [1.807, 2.05) is 6.26 Å². The number of halogens is 1. The minimum Gasteiger partial charge on any atom is -0.396 e. The van der Waals surface area contributed by atoms with Gasteiger partial charge >= 0.3 is 0 Å². The van der Waals surface area contributed by atoms with E-state index in [0.29, 0.717) is 11.1 Å². The van der Waals surface area contributed by atoms with Crippen molar-refractivity contribution in [3.05, 3.63) is 215 Å². The molecule has 0 unspecified atom stereocenters. The lowest BCUT2D eigenvalue weighted by molar-refractivity contribution is 0.0682. The van der Waals surface area contributed by atoms with Crippen molar-refractivity contribution in [3.63, 3.8) is 0 Å². The molecule has 0 atom stereocenters. The molecule has 0 bridgehead atoms. The van der Waals surface area contributed by atoms with Gasteiger partial charge in [-0.2, -0.15) is 0 Å². The molecule has 0 aliphatic heterocycles. The zero-order valence-corrected chi connectivity index (χ0v) is 46.4. The van der Waals surface area contributed by atoms with Crippen LogP contribution in [-0.4, -0.2) is 85.6 Å². The minimum atomic E-state index is -0.400. The molecule has 0 saturated heterocycles. The first-order valence-electron chi connectivity index (χ1n) is 25.8. The molecular formula is C62H83ClN2O4S3. The van der Waals surface area contributed by atoms with Crippen molar-refractivity contribution in [2.45, 2.75) is 75.3 Å². The van der Waals surface area contributed by atoms with E-state index in [2.05, 4.69) is 205 Å². The van der Waals surface area contributed by atoms with E-state index in [4.69, 9.17) is 21.1 Å². The Balaban J connectivity index is 0.000000294. The summed E-state index contributed by atoms with van der Waals surface area (Å²) in [6.45, 7) is 3.60. The summed E-state index contributed by atoms with van der Waals surface area (Å²) in [6.07, 6.45) is 17.4. The lowest BCUT2D eigenvalue weighted by Gasteiger charge is -2.37. The van der Waals surface area contributed by atoms with Crippen molar-refractivity contribution < 1.29 is 19.7 Å². The number of aliphatic hydroxyl groups excluding tert-OH is 2. The van der Waals surface area contributed by atoms with Gasteiger partial charge in [-0.15, -0.1) is 46.9 Å². The fourth-order valence-electron chi connectivity index (χ4n) is 9.17. The van der Waals surface area contributed by atoms with Crippen molar-refractivity contribution in [2.75, 3.05) is 75.4 Å². The minimum absolute atomic E-state index is 0.0278. The molecule has 0 heterocycles. The number of unbranched alkanes of at least 4 members (excludes halogenated alkanes) is 6. The molecular weight excluding hydrogens is 968 g/mol. The highest BCUT2D eigenvalue weighted by molar-refractivity contribution is 7.99. The smallest absolute Gasteiger partial charge is 0.0947 e. The van der Waals surface area contributed by atoms with Crippen LogP contribution in [0.4, 0.5) is 0 Å². The Kier molecular flexibility index (Phi) is 32.2. The number of hydrogen-bond acceptors (Lipinski definition) is 9. The van der Waals surface area contributed by atoms with Crippen LogP contribution < -0.4 is 10.6 Å². The van der Waals surface area contributed by atoms with Gasteiger partial charge in [0.2, 0.25) is 0 Å². The maximum Gasteiger partial charge on any atom is 0.0947 e. The fourth-order valence-corrected chi connectivity index (χ4v) is 9.69. The van der Waals surface area contributed by atoms with Gasteiger partial charge in [0.05, 0.1) is 41.4 Å². The van der Waals surface area contributed by atoms with Crippen LogP contribution in [0.5, 0.6) is 0 Å². The number of ether oxygens (including phenoxy) is 2. The third-order valence-corrected chi connectivity index (χ3v) is 14.5. The second-order valence-corrected chi connectivity index (χ2v) is 21.1. The average Bonchev–Trinajstić information content (AvgIpc) is 3.45. The Labute approximate surface area is 452 Å². The molecule has 0 aliphatic rings. The summed E-state index contributed by atoms with van der Waals surface area (Å²) >= 11 is 10.2. The van der Waals surface area contributed by atoms with E-state index in [-0.39, 0.29) is 24.7 Å². The quantitative estimate of drug-likeness (QED) is 0.0139. The molecule has 0 aliphatic carbocycles. The Bertz CT molecular complexity index is 1960. The van der Waals surface area contributed by atoms with Gasteiger partial charge in [0.1, 0.15) is 0 Å². The lowest BCUT2D eigenvalue weighted by Crippen LogP contribution is -2.45. The summed E-state index contributed by atoms with van der Waals surface area (Å²) in [7, 11) is 0. The number of hydrogen-bond donors (Lipinski definition) is 4. The zero-order chi connectivity index (χ0) is 51.2. The van der Waals surface area contributed by atoms with E-state index in [1.54, 1.807) is 35.3 Å². The van der Waals surface area contributed by atoms with Crippen LogP contribution in [0.3, 0.4) is 0 Å². The molecule has 6 aromatic rings. The topological polar surface area (TPSA) is 83.0 Å². The predicted octanol–water partition coefficient (Wildman–Crippen LogP) is 14.5. The summed E-state index contributed by atoms with van der Waals surface area (Å²) < 4.78 is 11.6. The van der Waals surface area contributed by atoms with Crippen LogP contribution in [0.1, 0.15) is 97.6 Å². The van der Waals surface area contributed by atoms with Gasteiger partial charge in [-0.05, 0) is 90.9 Å². The number of nitrogens with one attached hydrogen (secondary N) is 2. The second-order valence-electron chi connectivity index (χ2n) is 18.0. The summed E-state index contributed by atoms with van der Waals surface area (Å²) in [5.74, 6) is 2.03. The molecule has 0 saturated carbocycles. The summed E-state index contributed by atoms with van der Waals surface area (Å²) in [5.41, 5.74) is 6.74. The van der Waals surface area contributed by atoms with E-state index in [0.717, 1.165) is 83.1 Å². The van der Waals surface area contributed by atoms with Crippen molar-refractivity contribution >= 4 is 46.9 Å². The first kappa shape index (κ1) is 61.0. The summed E-state index contributed by atoms with van der Waals surface area (Å²) in [6, 6.07) is 64.6. The molecule has 0 spiro atoms. The van der Waals surface area contributed by atoms with Crippen molar-refractivity contribution in [1.82, 2.24) is 10.6 Å². The second kappa shape index (κ2) is 38.0. The van der Waals surface area contributed by atoms with Crippen molar-refractivity contribution in [2.24, 2.45) is 11.8 Å². The molecule has 0 fully saturated rings. The molecule has 6 aromatic carbocycles. The largest absolute Gasteiger partial charge is 0.396 e. The molecule has 4 N–H and O–H groups in total. The van der Waals surface area contributed by atoms with Crippen molar-refractivity contribution in [1.29, 1.82) is 0 Å². The van der Waals surface area contributed by atoms with E-state index in [1.165, 1.54) is 52.6 Å². The third-order valence-electron chi connectivity index (χ3n) is 12.8. The monoisotopic (exact) mass is 1050 g/mol. The molecule has 6 nitrogen and oxygen atoms in total. The Morgan fingerprint density at radius 2 is 0.667 bits per heavy atom. The van der Waals surface area contributed by atoms with Crippen LogP contribution >= 0.6 is 46.9 Å². The number of benzene rings is 6. The molecule has 72 heavy (non-hydrogen) atoms. The van der Waals surface area contributed by atoms with Gasteiger partial charge in [0.25, 0.3) is 0 Å².